The third-order valence-electron chi connectivity index (χ3n) is 3.22. The van der Waals surface area contributed by atoms with Gasteiger partial charge in [0.25, 0.3) is 0 Å². The molecular formula is C14H14N2O2S. The van der Waals surface area contributed by atoms with Crippen molar-refractivity contribution in [3.05, 3.63) is 28.6 Å². The Morgan fingerprint density at radius 1 is 1.32 bits per heavy atom. The lowest BCUT2D eigenvalue weighted by atomic mass is 10.1. The van der Waals surface area contributed by atoms with E-state index in [-0.39, 0.29) is 0 Å². The lowest BCUT2D eigenvalue weighted by Gasteiger charge is -1.95. The van der Waals surface area contributed by atoms with Crippen molar-refractivity contribution >= 4 is 27.4 Å². The number of hydrogen-bond acceptors (Lipinski definition) is 5. The molecule has 2 aromatic heterocycles. The third kappa shape index (κ3) is 1.86. The molecule has 0 fully saturated rings. The quantitative estimate of drug-likeness (QED) is 0.772. The monoisotopic (exact) mass is 274 g/mol. The predicted molar refractivity (Wildman–Crippen MR) is 77.8 cm³/mol. The molecule has 0 spiro atoms. The number of aryl methyl sites for hydroxylation is 1. The number of benzene rings is 1. The highest BCUT2D eigenvalue weighted by atomic mass is 32.1. The van der Waals surface area contributed by atoms with Crippen LogP contribution < -0.4 is 10.5 Å². The topological polar surface area (TPSA) is 61.3 Å². The van der Waals surface area contributed by atoms with Crippen molar-refractivity contribution in [2.45, 2.75) is 13.8 Å². The van der Waals surface area contributed by atoms with Gasteiger partial charge in [0.1, 0.15) is 11.3 Å². The van der Waals surface area contributed by atoms with Crippen LogP contribution >= 0.6 is 11.3 Å². The van der Waals surface area contributed by atoms with Gasteiger partial charge >= 0.3 is 0 Å². The highest BCUT2D eigenvalue weighted by Gasteiger charge is 2.17. The molecule has 5 heteroatoms. The third-order valence-corrected chi connectivity index (χ3v) is 4.26. The molecule has 0 radical (unpaired) electrons. The number of hydrogen-bond donors (Lipinski definition) is 1. The first-order valence-corrected chi connectivity index (χ1v) is 6.72. The zero-order valence-corrected chi connectivity index (χ0v) is 11.8. The summed E-state index contributed by atoms with van der Waals surface area (Å²) in [6.07, 6.45) is 0. The summed E-state index contributed by atoms with van der Waals surface area (Å²) in [4.78, 5) is 5.69. The van der Waals surface area contributed by atoms with Crippen LogP contribution in [0.4, 0.5) is 5.00 Å². The zero-order chi connectivity index (χ0) is 13.6. The Kier molecular flexibility index (Phi) is 2.71. The molecule has 3 rings (SSSR count). The molecule has 2 heterocycles. The minimum Gasteiger partial charge on any atom is -0.497 e. The molecule has 4 nitrogen and oxygen atoms in total. The summed E-state index contributed by atoms with van der Waals surface area (Å²) < 4.78 is 11.0. The molecule has 1 aromatic carbocycles. The van der Waals surface area contributed by atoms with Crippen molar-refractivity contribution in [1.82, 2.24) is 4.98 Å². The summed E-state index contributed by atoms with van der Waals surface area (Å²) in [5, 5.41) is 0.744. The standard InChI is InChI=1S/C14H14N2O2S/c1-7-8(2)19-13(15)12(7)14-16-10-6-9(17-3)4-5-11(10)18-14/h4-6H,15H2,1-3H3. The molecule has 3 aromatic rings. The number of fused-ring (bicyclic) bond motifs is 1. The number of nitrogen functional groups attached to an aromatic ring is 1. The number of rotatable bonds is 2. The molecule has 0 bridgehead atoms. The molecule has 19 heavy (non-hydrogen) atoms. The fraction of sp³-hybridized carbons (Fsp3) is 0.214. The maximum absolute atomic E-state index is 6.05. The van der Waals surface area contributed by atoms with Crippen LogP contribution in [-0.2, 0) is 0 Å². The summed E-state index contributed by atoms with van der Waals surface area (Å²) in [5.41, 5.74) is 9.58. The number of anilines is 1. The van der Waals surface area contributed by atoms with Crippen LogP contribution in [0.5, 0.6) is 5.75 Å². The van der Waals surface area contributed by atoms with E-state index in [4.69, 9.17) is 14.9 Å². The van der Waals surface area contributed by atoms with Gasteiger partial charge < -0.3 is 14.9 Å². The first-order valence-electron chi connectivity index (χ1n) is 5.90. The number of thiophene rings is 1. The number of nitrogens with zero attached hydrogens (tertiary/aromatic N) is 1. The van der Waals surface area contributed by atoms with Crippen LogP contribution in [0.1, 0.15) is 10.4 Å². The number of nitrogens with two attached hydrogens (primary N) is 1. The number of methoxy groups -OCH3 is 1. The molecule has 0 unspecified atom stereocenters. The van der Waals surface area contributed by atoms with Gasteiger partial charge in [0.2, 0.25) is 5.89 Å². The van der Waals surface area contributed by atoms with E-state index in [1.807, 2.05) is 32.0 Å². The Morgan fingerprint density at radius 3 is 2.74 bits per heavy atom. The second-order valence-corrected chi connectivity index (χ2v) is 5.63. The summed E-state index contributed by atoms with van der Waals surface area (Å²) in [7, 11) is 1.63. The fourth-order valence-electron chi connectivity index (χ4n) is 2.06. The summed E-state index contributed by atoms with van der Waals surface area (Å²) in [6.45, 7) is 4.08. The fourth-order valence-corrected chi connectivity index (χ4v) is 2.99. The van der Waals surface area contributed by atoms with Gasteiger partial charge in [-0.3, -0.25) is 0 Å². The van der Waals surface area contributed by atoms with Gasteiger partial charge in [0.05, 0.1) is 17.7 Å². The molecular weight excluding hydrogens is 260 g/mol. The van der Waals surface area contributed by atoms with E-state index in [0.717, 1.165) is 33.0 Å². The zero-order valence-electron chi connectivity index (χ0n) is 11.0. The maximum atomic E-state index is 6.05. The molecule has 98 valence electrons. The van der Waals surface area contributed by atoms with E-state index in [2.05, 4.69) is 4.98 Å². The van der Waals surface area contributed by atoms with E-state index in [1.165, 1.54) is 4.88 Å². The Hall–Kier alpha value is -2.01. The molecule has 0 saturated heterocycles. The molecule has 0 amide bonds. The highest BCUT2D eigenvalue weighted by Crippen LogP contribution is 2.38. The van der Waals surface area contributed by atoms with Crippen LogP contribution in [0, 0.1) is 13.8 Å². The van der Waals surface area contributed by atoms with Crippen LogP contribution in [0.15, 0.2) is 22.6 Å². The first-order chi connectivity index (χ1) is 9.10. The summed E-state index contributed by atoms with van der Waals surface area (Å²) in [5.74, 6) is 1.33. The van der Waals surface area contributed by atoms with Gasteiger partial charge in [0, 0.05) is 10.9 Å². The van der Waals surface area contributed by atoms with E-state index < -0.39 is 0 Å². The number of ether oxygens (including phenoxy) is 1. The lowest BCUT2D eigenvalue weighted by Crippen LogP contribution is -1.86. The van der Waals surface area contributed by atoms with E-state index >= 15 is 0 Å². The maximum Gasteiger partial charge on any atom is 0.230 e. The number of oxazole rings is 1. The Morgan fingerprint density at radius 2 is 2.11 bits per heavy atom. The minimum atomic E-state index is 0.572. The highest BCUT2D eigenvalue weighted by molar-refractivity contribution is 7.16. The molecule has 0 saturated carbocycles. The van der Waals surface area contributed by atoms with Crippen molar-refractivity contribution in [1.29, 1.82) is 0 Å². The van der Waals surface area contributed by atoms with Crippen LogP contribution in [0.3, 0.4) is 0 Å². The molecule has 0 aliphatic carbocycles. The average Bonchev–Trinajstić information content (AvgIpc) is 2.90. The summed E-state index contributed by atoms with van der Waals surface area (Å²) in [6, 6.07) is 5.56. The van der Waals surface area contributed by atoms with Gasteiger partial charge in [-0.15, -0.1) is 11.3 Å². The van der Waals surface area contributed by atoms with E-state index in [1.54, 1.807) is 18.4 Å². The SMILES string of the molecule is COc1ccc2oc(-c3c(N)sc(C)c3C)nc2c1. The van der Waals surface area contributed by atoms with E-state index in [0.29, 0.717) is 5.89 Å². The molecule has 0 atom stereocenters. The summed E-state index contributed by atoms with van der Waals surface area (Å²) >= 11 is 1.56. The van der Waals surface area contributed by atoms with Crippen molar-refractivity contribution in [2.75, 3.05) is 12.8 Å². The van der Waals surface area contributed by atoms with Gasteiger partial charge in [-0.2, -0.15) is 0 Å². The van der Waals surface area contributed by atoms with Gasteiger partial charge in [-0.05, 0) is 31.5 Å². The Balaban J connectivity index is 2.20. The van der Waals surface area contributed by atoms with Crippen molar-refractivity contribution in [3.8, 4) is 17.2 Å². The van der Waals surface area contributed by atoms with Gasteiger partial charge in [-0.25, -0.2) is 4.98 Å². The molecule has 0 aliphatic heterocycles. The second-order valence-electron chi connectivity index (χ2n) is 4.38. The van der Waals surface area contributed by atoms with Crippen molar-refractivity contribution in [3.63, 3.8) is 0 Å². The van der Waals surface area contributed by atoms with Crippen molar-refractivity contribution in [2.24, 2.45) is 0 Å². The second kappa shape index (κ2) is 4.28. The van der Waals surface area contributed by atoms with Crippen LogP contribution in [-0.4, -0.2) is 12.1 Å². The molecule has 0 aliphatic rings. The van der Waals surface area contributed by atoms with Gasteiger partial charge in [0.15, 0.2) is 5.58 Å². The van der Waals surface area contributed by atoms with Crippen LogP contribution in [0.2, 0.25) is 0 Å². The minimum absolute atomic E-state index is 0.572. The van der Waals surface area contributed by atoms with Crippen molar-refractivity contribution < 1.29 is 9.15 Å². The predicted octanol–water partition coefficient (Wildman–Crippen LogP) is 3.76. The Labute approximate surface area is 114 Å². The van der Waals surface area contributed by atoms with Crippen LogP contribution in [0.25, 0.3) is 22.6 Å². The van der Waals surface area contributed by atoms with E-state index in [9.17, 15) is 0 Å². The Bertz CT molecular complexity index is 758. The largest absolute Gasteiger partial charge is 0.497 e. The smallest absolute Gasteiger partial charge is 0.230 e. The first kappa shape index (κ1) is 12.0. The molecule has 2 N–H and O–H groups in total. The van der Waals surface area contributed by atoms with Gasteiger partial charge in [-0.1, -0.05) is 0 Å². The normalized spacial score (nSPS) is 11.1. The lowest BCUT2D eigenvalue weighted by molar-refractivity contribution is 0.415. The number of aromatic nitrogens is 1. The average molecular weight is 274 g/mol.